The van der Waals surface area contributed by atoms with Crippen LogP contribution in [0, 0.1) is 0 Å². The van der Waals surface area contributed by atoms with E-state index in [2.05, 4.69) is 69.7 Å². The molecule has 1 N–H and O–H groups in total. The Bertz CT molecular complexity index is 666. The van der Waals surface area contributed by atoms with Gasteiger partial charge in [-0.15, -0.1) is 0 Å². The predicted octanol–water partition coefficient (Wildman–Crippen LogP) is 2.95. The lowest BCUT2D eigenvalue weighted by Crippen LogP contribution is -2.48. The smallest absolute Gasteiger partial charge is 0.217 e. The van der Waals surface area contributed by atoms with E-state index < -0.39 is 0 Å². The minimum atomic E-state index is 0.0554. The molecule has 0 spiro atoms. The van der Waals surface area contributed by atoms with E-state index in [1.807, 2.05) is 6.07 Å². The average Bonchev–Trinajstić information content (AvgIpc) is 2.68. The van der Waals surface area contributed by atoms with Crippen molar-refractivity contribution < 1.29 is 4.79 Å². The summed E-state index contributed by atoms with van der Waals surface area (Å²) in [6, 6.07) is 21.2. The van der Waals surface area contributed by atoms with E-state index in [0.29, 0.717) is 0 Å². The first-order valence-electron chi connectivity index (χ1n) is 9.54. The van der Waals surface area contributed by atoms with Gasteiger partial charge in [-0.3, -0.25) is 9.69 Å². The number of amides is 1. The summed E-state index contributed by atoms with van der Waals surface area (Å²) < 4.78 is 0. The fraction of sp³-hybridized carbons (Fsp3) is 0.409. The fourth-order valence-corrected chi connectivity index (χ4v) is 3.62. The van der Waals surface area contributed by atoms with Crippen LogP contribution in [0.1, 0.15) is 18.9 Å². The highest BCUT2D eigenvalue weighted by Crippen LogP contribution is 2.16. The van der Waals surface area contributed by atoms with Crippen LogP contribution in [0.2, 0.25) is 0 Å². The molecule has 3 rings (SSSR count). The van der Waals surface area contributed by atoms with Gasteiger partial charge in [0, 0.05) is 51.4 Å². The van der Waals surface area contributed by atoms with Crippen LogP contribution in [0.15, 0.2) is 60.7 Å². The topological polar surface area (TPSA) is 35.6 Å². The Balaban J connectivity index is 1.47. The zero-order valence-electron chi connectivity index (χ0n) is 15.6. The maximum Gasteiger partial charge on any atom is 0.217 e. The molecule has 1 fully saturated rings. The largest absolute Gasteiger partial charge is 0.369 e. The number of piperazine rings is 1. The van der Waals surface area contributed by atoms with Gasteiger partial charge < -0.3 is 10.2 Å². The maximum atomic E-state index is 11.6. The van der Waals surface area contributed by atoms with Crippen LogP contribution in [0.3, 0.4) is 0 Å². The molecule has 1 unspecified atom stereocenters. The van der Waals surface area contributed by atoms with Crippen LogP contribution >= 0.6 is 0 Å². The van der Waals surface area contributed by atoms with Gasteiger partial charge in [-0.25, -0.2) is 0 Å². The van der Waals surface area contributed by atoms with Crippen molar-refractivity contribution in [3.8, 4) is 0 Å². The summed E-state index contributed by atoms with van der Waals surface area (Å²) in [7, 11) is 0. The van der Waals surface area contributed by atoms with Gasteiger partial charge in [0.2, 0.25) is 5.91 Å². The van der Waals surface area contributed by atoms with Gasteiger partial charge in [0.15, 0.2) is 0 Å². The van der Waals surface area contributed by atoms with Gasteiger partial charge in [0.1, 0.15) is 0 Å². The molecule has 2 aromatic rings. The van der Waals surface area contributed by atoms with Crippen LogP contribution < -0.4 is 10.2 Å². The maximum absolute atomic E-state index is 11.6. The SMILES string of the molecule is CC(=O)NC(CCN1CCN(c2ccccc2)CC1)Cc1ccccc1. The summed E-state index contributed by atoms with van der Waals surface area (Å²) >= 11 is 0. The van der Waals surface area contributed by atoms with E-state index >= 15 is 0 Å². The Labute approximate surface area is 156 Å². The molecule has 4 nitrogen and oxygen atoms in total. The molecule has 1 atom stereocenters. The number of carbonyl (C=O) groups is 1. The van der Waals surface area contributed by atoms with Crippen molar-refractivity contribution in [2.75, 3.05) is 37.6 Å². The first kappa shape index (κ1) is 18.5. The summed E-state index contributed by atoms with van der Waals surface area (Å²) in [5, 5.41) is 3.13. The quantitative estimate of drug-likeness (QED) is 0.833. The lowest BCUT2D eigenvalue weighted by atomic mass is 10.0. The molecule has 0 aromatic heterocycles. The molecule has 0 aliphatic carbocycles. The van der Waals surface area contributed by atoms with Crippen molar-refractivity contribution in [1.29, 1.82) is 0 Å². The summed E-state index contributed by atoms with van der Waals surface area (Å²) in [6.07, 6.45) is 1.88. The average molecular weight is 351 g/mol. The molecule has 4 heteroatoms. The Hall–Kier alpha value is -2.33. The number of carbonyl (C=O) groups excluding carboxylic acids is 1. The second kappa shape index (κ2) is 9.39. The summed E-state index contributed by atoms with van der Waals surface area (Å²) in [6.45, 7) is 6.91. The van der Waals surface area contributed by atoms with Crippen molar-refractivity contribution in [2.45, 2.75) is 25.8 Å². The van der Waals surface area contributed by atoms with Gasteiger partial charge in [-0.2, -0.15) is 0 Å². The van der Waals surface area contributed by atoms with Gasteiger partial charge in [-0.1, -0.05) is 48.5 Å². The fourth-order valence-electron chi connectivity index (χ4n) is 3.62. The monoisotopic (exact) mass is 351 g/mol. The Kier molecular flexibility index (Phi) is 6.67. The van der Waals surface area contributed by atoms with Gasteiger partial charge in [-0.05, 0) is 30.5 Å². The minimum absolute atomic E-state index is 0.0554. The normalized spacial score (nSPS) is 16.3. The van der Waals surface area contributed by atoms with Crippen molar-refractivity contribution in [1.82, 2.24) is 10.2 Å². The van der Waals surface area contributed by atoms with E-state index in [-0.39, 0.29) is 11.9 Å². The second-order valence-corrected chi connectivity index (χ2v) is 7.04. The number of nitrogens with one attached hydrogen (secondary N) is 1. The highest BCUT2D eigenvalue weighted by Gasteiger charge is 2.19. The lowest BCUT2D eigenvalue weighted by Gasteiger charge is -2.36. The molecular formula is C22H29N3O. The molecule has 1 heterocycles. The molecule has 26 heavy (non-hydrogen) atoms. The molecule has 1 amide bonds. The van der Waals surface area contributed by atoms with Crippen LogP contribution in [0.5, 0.6) is 0 Å². The first-order chi connectivity index (χ1) is 12.7. The third-order valence-corrected chi connectivity index (χ3v) is 5.02. The van der Waals surface area contributed by atoms with Crippen LogP contribution in [0.25, 0.3) is 0 Å². The van der Waals surface area contributed by atoms with Crippen molar-refractivity contribution in [3.63, 3.8) is 0 Å². The van der Waals surface area contributed by atoms with E-state index in [4.69, 9.17) is 0 Å². The lowest BCUT2D eigenvalue weighted by molar-refractivity contribution is -0.119. The van der Waals surface area contributed by atoms with Crippen LogP contribution in [-0.2, 0) is 11.2 Å². The molecule has 0 bridgehead atoms. The number of anilines is 1. The molecular weight excluding hydrogens is 322 g/mol. The number of para-hydroxylation sites is 1. The minimum Gasteiger partial charge on any atom is -0.369 e. The molecule has 0 radical (unpaired) electrons. The van der Waals surface area contributed by atoms with Crippen LogP contribution in [-0.4, -0.2) is 49.6 Å². The van der Waals surface area contributed by atoms with Crippen LogP contribution in [0.4, 0.5) is 5.69 Å². The molecule has 1 aliphatic heterocycles. The van der Waals surface area contributed by atoms with Crippen molar-refractivity contribution >= 4 is 11.6 Å². The number of rotatable bonds is 7. The Morgan fingerprint density at radius 3 is 2.19 bits per heavy atom. The Morgan fingerprint density at radius 1 is 0.962 bits per heavy atom. The molecule has 1 saturated heterocycles. The zero-order valence-corrected chi connectivity index (χ0v) is 15.6. The number of benzene rings is 2. The highest BCUT2D eigenvalue weighted by molar-refractivity contribution is 5.73. The van der Waals surface area contributed by atoms with Crippen molar-refractivity contribution in [2.24, 2.45) is 0 Å². The third-order valence-electron chi connectivity index (χ3n) is 5.02. The molecule has 1 aliphatic rings. The van der Waals surface area contributed by atoms with Gasteiger partial charge in [0.25, 0.3) is 0 Å². The summed E-state index contributed by atoms with van der Waals surface area (Å²) in [4.78, 5) is 16.5. The second-order valence-electron chi connectivity index (χ2n) is 7.04. The van der Waals surface area contributed by atoms with E-state index in [1.54, 1.807) is 6.92 Å². The number of nitrogens with zero attached hydrogens (tertiary/aromatic N) is 2. The van der Waals surface area contributed by atoms with E-state index in [1.165, 1.54) is 11.3 Å². The predicted molar refractivity (Wildman–Crippen MR) is 107 cm³/mol. The highest BCUT2D eigenvalue weighted by atomic mass is 16.1. The number of hydrogen-bond acceptors (Lipinski definition) is 3. The number of hydrogen-bond donors (Lipinski definition) is 1. The standard InChI is InChI=1S/C22H29N3O/c1-19(26)23-21(18-20-8-4-2-5-9-20)12-13-24-14-16-25(17-15-24)22-10-6-3-7-11-22/h2-11,21H,12-18H2,1H3,(H,23,26). The van der Waals surface area contributed by atoms with Gasteiger partial charge >= 0.3 is 0 Å². The zero-order chi connectivity index (χ0) is 18.2. The van der Waals surface area contributed by atoms with E-state index in [0.717, 1.165) is 45.6 Å². The first-order valence-corrected chi connectivity index (χ1v) is 9.54. The summed E-state index contributed by atoms with van der Waals surface area (Å²) in [5.41, 5.74) is 2.59. The molecule has 0 saturated carbocycles. The Morgan fingerprint density at radius 2 is 1.58 bits per heavy atom. The third kappa shape index (κ3) is 5.60. The van der Waals surface area contributed by atoms with Gasteiger partial charge in [0.05, 0.1) is 0 Å². The van der Waals surface area contributed by atoms with E-state index in [9.17, 15) is 4.79 Å². The summed E-state index contributed by atoms with van der Waals surface area (Å²) in [5.74, 6) is 0.0554. The molecule has 2 aromatic carbocycles. The van der Waals surface area contributed by atoms with Crippen molar-refractivity contribution in [3.05, 3.63) is 66.2 Å². The molecule has 138 valence electrons.